The molecule has 3 heterocycles. The predicted octanol–water partition coefficient (Wildman–Crippen LogP) is 3.34. The van der Waals surface area contributed by atoms with Crippen molar-refractivity contribution in [2.45, 2.75) is 5.92 Å². The Balaban J connectivity index is 1.94. The summed E-state index contributed by atoms with van der Waals surface area (Å²) in [6.07, 6.45) is 1.53. The molecule has 29 heavy (non-hydrogen) atoms. The zero-order valence-corrected chi connectivity index (χ0v) is 16.0. The molecule has 1 aliphatic rings. The Labute approximate surface area is 166 Å². The Bertz CT molecular complexity index is 1070. The van der Waals surface area contributed by atoms with Gasteiger partial charge in [0.2, 0.25) is 17.5 Å². The third-order valence-corrected chi connectivity index (χ3v) is 4.84. The van der Waals surface area contributed by atoms with E-state index < -0.39 is 11.8 Å². The number of nitrogens with zero attached hydrogens (tertiary/aromatic N) is 2. The van der Waals surface area contributed by atoms with Crippen molar-refractivity contribution in [2.75, 3.05) is 21.3 Å². The molecule has 0 fully saturated rings. The number of furan rings is 1. The number of ether oxygens (including phenoxy) is 4. The molecule has 4 rings (SSSR count). The van der Waals surface area contributed by atoms with E-state index in [-0.39, 0.29) is 11.8 Å². The molecule has 2 N–H and O–H groups in total. The molecule has 9 heteroatoms. The SMILES string of the molecule is COc1cc(-c2[nH]nc3c2C(c2ccco2)C(C#N)C(=N)O3)cc(OC)c1OC. The van der Waals surface area contributed by atoms with Gasteiger partial charge in [0.15, 0.2) is 11.5 Å². The van der Waals surface area contributed by atoms with E-state index in [4.69, 9.17) is 28.8 Å². The Hall–Kier alpha value is -3.93. The first-order valence-corrected chi connectivity index (χ1v) is 8.70. The van der Waals surface area contributed by atoms with Gasteiger partial charge in [-0.3, -0.25) is 10.5 Å². The molecular formula is C20H18N4O5. The molecule has 0 saturated heterocycles. The molecule has 2 atom stereocenters. The van der Waals surface area contributed by atoms with Crippen molar-refractivity contribution in [3.63, 3.8) is 0 Å². The molecular weight excluding hydrogens is 376 g/mol. The van der Waals surface area contributed by atoms with Crippen molar-refractivity contribution < 1.29 is 23.4 Å². The molecule has 0 bridgehead atoms. The van der Waals surface area contributed by atoms with Crippen LogP contribution in [0, 0.1) is 22.7 Å². The first kappa shape index (κ1) is 18.4. The second kappa shape index (κ2) is 7.24. The van der Waals surface area contributed by atoms with Crippen molar-refractivity contribution in [3.05, 3.63) is 41.9 Å². The van der Waals surface area contributed by atoms with Gasteiger partial charge in [0, 0.05) is 5.56 Å². The number of methoxy groups -OCH3 is 3. The first-order valence-electron chi connectivity index (χ1n) is 8.70. The van der Waals surface area contributed by atoms with E-state index in [2.05, 4.69) is 16.3 Å². The molecule has 0 spiro atoms. The molecule has 0 radical (unpaired) electrons. The summed E-state index contributed by atoms with van der Waals surface area (Å²) in [6, 6.07) is 9.20. The monoisotopic (exact) mass is 394 g/mol. The number of rotatable bonds is 5. The Morgan fingerprint density at radius 1 is 1.17 bits per heavy atom. The first-order chi connectivity index (χ1) is 14.1. The summed E-state index contributed by atoms with van der Waals surface area (Å²) in [5.74, 6) is 0.591. The Morgan fingerprint density at radius 3 is 2.45 bits per heavy atom. The summed E-state index contributed by atoms with van der Waals surface area (Å²) in [6.45, 7) is 0. The normalized spacial score (nSPS) is 17.8. The largest absolute Gasteiger partial charge is 0.493 e. The van der Waals surface area contributed by atoms with Crippen molar-refractivity contribution in [1.82, 2.24) is 10.2 Å². The number of aromatic nitrogens is 2. The van der Waals surface area contributed by atoms with Crippen LogP contribution in [0.25, 0.3) is 11.3 Å². The summed E-state index contributed by atoms with van der Waals surface area (Å²) in [5.41, 5.74) is 1.92. The minimum absolute atomic E-state index is 0.177. The van der Waals surface area contributed by atoms with Gasteiger partial charge in [-0.2, -0.15) is 5.26 Å². The molecule has 9 nitrogen and oxygen atoms in total. The predicted molar refractivity (Wildman–Crippen MR) is 102 cm³/mol. The molecule has 1 aromatic carbocycles. The van der Waals surface area contributed by atoms with Crippen LogP contribution in [0.4, 0.5) is 0 Å². The van der Waals surface area contributed by atoms with Gasteiger partial charge in [-0.15, -0.1) is 5.10 Å². The quantitative estimate of drug-likeness (QED) is 0.679. The standard InChI is InChI=1S/C20H18N4O5/c1-25-13-7-10(8-14(26-2)18(13)27-3)17-16-15(12-5-4-6-28-12)11(9-21)19(22)29-20(16)24-23-17/h4-8,11,15,22H,1-3H3,(H,23,24). The highest BCUT2D eigenvalue weighted by molar-refractivity contribution is 5.86. The molecule has 0 amide bonds. The van der Waals surface area contributed by atoms with Crippen LogP contribution < -0.4 is 18.9 Å². The average Bonchev–Trinajstić information content (AvgIpc) is 3.41. The highest BCUT2D eigenvalue weighted by Gasteiger charge is 2.42. The number of aromatic amines is 1. The van der Waals surface area contributed by atoms with Crippen LogP contribution in [-0.4, -0.2) is 37.4 Å². The molecule has 0 aliphatic carbocycles. The van der Waals surface area contributed by atoms with E-state index in [0.29, 0.717) is 39.8 Å². The lowest BCUT2D eigenvalue weighted by atomic mass is 9.82. The van der Waals surface area contributed by atoms with Gasteiger partial charge in [-0.25, -0.2) is 0 Å². The number of fused-ring (bicyclic) bond motifs is 1. The Morgan fingerprint density at radius 2 is 1.90 bits per heavy atom. The van der Waals surface area contributed by atoms with Crippen LogP contribution in [-0.2, 0) is 0 Å². The van der Waals surface area contributed by atoms with Crippen LogP contribution in [0.5, 0.6) is 23.1 Å². The van der Waals surface area contributed by atoms with Gasteiger partial charge in [0.1, 0.15) is 11.7 Å². The van der Waals surface area contributed by atoms with Crippen LogP contribution in [0.3, 0.4) is 0 Å². The summed E-state index contributed by atoms with van der Waals surface area (Å²) < 4.78 is 27.4. The van der Waals surface area contributed by atoms with Crippen LogP contribution in [0.2, 0.25) is 0 Å². The second-order valence-corrected chi connectivity index (χ2v) is 6.30. The Kier molecular flexibility index (Phi) is 4.60. The van der Waals surface area contributed by atoms with Crippen LogP contribution in [0.1, 0.15) is 17.2 Å². The van der Waals surface area contributed by atoms with E-state index in [0.717, 1.165) is 0 Å². The minimum atomic E-state index is -0.855. The van der Waals surface area contributed by atoms with Gasteiger partial charge in [0.05, 0.1) is 50.8 Å². The lowest BCUT2D eigenvalue weighted by molar-refractivity contribution is 0.324. The number of nitrogens with one attached hydrogen (secondary N) is 2. The van der Waals surface area contributed by atoms with Crippen molar-refractivity contribution in [1.29, 1.82) is 10.7 Å². The van der Waals surface area contributed by atoms with E-state index >= 15 is 0 Å². The van der Waals surface area contributed by atoms with Gasteiger partial charge in [-0.05, 0) is 24.3 Å². The molecule has 2 aromatic heterocycles. The van der Waals surface area contributed by atoms with Crippen LogP contribution >= 0.6 is 0 Å². The fourth-order valence-electron chi connectivity index (χ4n) is 3.54. The molecule has 0 saturated carbocycles. The summed E-state index contributed by atoms with van der Waals surface area (Å²) in [5, 5.41) is 25.0. The number of hydrogen-bond donors (Lipinski definition) is 2. The zero-order valence-electron chi connectivity index (χ0n) is 16.0. The maximum absolute atomic E-state index is 9.69. The van der Waals surface area contributed by atoms with Gasteiger partial charge < -0.3 is 23.4 Å². The van der Waals surface area contributed by atoms with Gasteiger partial charge >= 0.3 is 0 Å². The maximum atomic E-state index is 9.69. The molecule has 148 valence electrons. The summed E-state index contributed by atoms with van der Waals surface area (Å²) in [4.78, 5) is 0. The summed E-state index contributed by atoms with van der Waals surface area (Å²) >= 11 is 0. The average molecular weight is 394 g/mol. The number of benzene rings is 1. The highest BCUT2D eigenvalue weighted by Crippen LogP contribution is 2.48. The third-order valence-electron chi connectivity index (χ3n) is 4.84. The van der Waals surface area contributed by atoms with Gasteiger partial charge in [0.25, 0.3) is 0 Å². The second-order valence-electron chi connectivity index (χ2n) is 6.30. The number of nitriles is 1. The fourth-order valence-corrected chi connectivity index (χ4v) is 3.54. The molecule has 1 aliphatic heterocycles. The van der Waals surface area contributed by atoms with E-state index in [9.17, 15) is 5.26 Å². The third kappa shape index (κ3) is 2.86. The van der Waals surface area contributed by atoms with E-state index in [1.807, 2.05) is 0 Å². The fraction of sp³-hybridized carbons (Fsp3) is 0.250. The molecule has 3 aromatic rings. The van der Waals surface area contributed by atoms with E-state index in [1.165, 1.54) is 27.6 Å². The zero-order chi connectivity index (χ0) is 20.5. The molecule has 2 unspecified atom stereocenters. The van der Waals surface area contributed by atoms with Crippen LogP contribution in [0.15, 0.2) is 34.9 Å². The number of H-pyrrole nitrogens is 1. The van der Waals surface area contributed by atoms with Crippen molar-refractivity contribution in [3.8, 4) is 40.5 Å². The maximum Gasteiger partial charge on any atom is 0.244 e. The van der Waals surface area contributed by atoms with E-state index in [1.54, 1.807) is 24.3 Å². The highest BCUT2D eigenvalue weighted by atomic mass is 16.5. The van der Waals surface area contributed by atoms with Crippen molar-refractivity contribution >= 4 is 5.90 Å². The van der Waals surface area contributed by atoms with Gasteiger partial charge in [-0.1, -0.05) is 0 Å². The topological polar surface area (TPSA) is 126 Å². The lowest BCUT2D eigenvalue weighted by Gasteiger charge is -2.26. The summed E-state index contributed by atoms with van der Waals surface area (Å²) in [7, 11) is 4.60. The smallest absolute Gasteiger partial charge is 0.244 e. The number of hydrogen-bond acceptors (Lipinski definition) is 8. The van der Waals surface area contributed by atoms with Crippen molar-refractivity contribution in [2.24, 2.45) is 5.92 Å². The minimum Gasteiger partial charge on any atom is -0.493 e. The lowest BCUT2D eigenvalue weighted by Crippen LogP contribution is -2.30.